The van der Waals surface area contributed by atoms with Crippen molar-refractivity contribution in [2.45, 2.75) is 6.54 Å². The van der Waals surface area contributed by atoms with Crippen LogP contribution in [0.3, 0.4) is 0 Å². The van der Waals surface area contributed by atoms with Gasteiger partial charge in [-0.25, -0.2) is 22.5 Å². The second kappa shape index (κ2) is 7.08. The molecule has 3 rings (SSSR count). The average Bonchev–Trinajstić information content (AvgIpc) is 3.02. The van der Waals surface area contributed by atoms with Gasteiger partial charge in [0.05, 0.1) is 18.4 Å². The second-order valence-corrected chi connectivity index (χ2v) is 7.63. The second-order valence-electron chi connectivity index (χ2n) is 5.72. The van der Waals surface area contributed by atoms with E-state index in [1.807, 2.05) is 0 Å². The molecule has 0 spiro atoms. The maximum absolute atomic E-state index is 12.2. The van der Waals surface area contributed by atoms with Crippen LogP contribution in [0.2, 0.25) is 0 Å². The zero-order valence-electron chi connectivity index (χ0n) is 14.0. The molecule has 26 heavy (non-hydrogen) atoms. The summed E-state index contributed by atoms with van der Waals surface area (Å²) in [5.41, 5.74) is 1.21. The van der Waals surface area contributed by atoms with Crippen LogP contribution in [0.1, 0.15) is 15.9 Å². The molecule has 136 valence electrons. The lowest BCUT2D eigenvalue weighted by Crippen LogP contribution is -2.35. The van der Waals surface area contributed by atoms with Crippen LogP contribution in [0.4, 0.5) is 10.6 Å². The molecular weight excluding hydrogens is 358 g/mol. The lowest BCUT2D eigenvalue weighted by Gasteiger charge is -2.16. The molecule has 0 saturated carbocycles. The summed E-state index contributed by atoms with van der Waals surface area (Å²) in [6.07, 6.45) is 5.60. The van der Waals surface area contributed by atoms with Gasteiger partial charge in [-0.05, 0) is 23.8 Å². The first-order valence-electron chi connectivity index (χ1n) is 7.78. The first kappa shape index (κ1) is 17.8. The smallest absolute Gasteiger partial charge is 0.339 e. The number of carbonyl (C=O) groups is 2. The first-order chi connectivity index (χ1) is 12.4. The van der Waals surface area contributed by atoms with Crippen molar-refractivity contribution in [2.75, 3.05) is 24.2 Å². The molecular formula is C16H17N5O4S. The molecule has 3 amide bonds. The fourth-order valence-electron chi connectivity index (χ4n) is 2.50. The molecule has 0 bridgehead atoms. The Labute approximate surface area is 150 Å². The van der Waals surface area contributed by atoms with Crippen molar-refractivity contribution in [3.63, 3.8) is 0 Å². The minimum absolute atomic E-state index is 0.0995. The number of carbonyl (C=O) groups excluding carboxylic acids is 2. The van der Waals surface area contributed by atoms with Crippen LogP contribution in [0.25, 0.3) is 0 Å². The van der Waals surface area contributed by atoms with Gasteiger partial charge in [-0.1, -0.05) is 6.07 Å². The molecule has 1 aliphatic heterocycles. The predicted molar refractivity (Wildman–Crippen MR) is 93.9 cm³/mol. The topological polar surface area (TPSA) is 113 Å². The molecule has 3 heterocycles. The molecule has 9 nitrogen and oxygen atoms in total. The van der Waals surface area contributed by atoms with E-state index in [9.17, 15) is 18.0 Å². The number of urea groups is 1. The van der Waals surface area contributed by atoms with E-state index in [4.69, 9.17) is 0 Å². The van der Waals surface area contributed by atoms with Gasteiger partial charge in [0, 0.05) is 31.7 Å². The van der Waals surface area contributed by atoms with Gasteiger partial charge in [0.25, 0.3) is 5.91 Å². The maximum atomic E-state index is 12.2. The Morgan fingerprint density at radius 3 is 2.62 bits per heavy atom. The van der Waals surface area contributed by atoms with E-state index >= 15 is 0 Å². The molecule has 1 N–H and O–H groups in total. The largest absolute Gasteiger partial charge is 0.348 e. The van der Waals surface area contributed by atoms with Gasteiger partial charge in [0.15, 0.2) is 0 Å². The first-order valence-corrected chi connectivity index (χ1v) is 9.63. The summed E-state index contributed by atoms with van der Waals surface area (Å²) in [5, 5.41) is 2.75. The Morgan fingerprint density at radius 2 is 2.04 bits per heavy atom. The lowest BCUT2D eigenvalue weighted by molar-refractivity contribution is 0.0950. The SMILES string of the molecule is CS(=O)(=O)N1CCN(c2ccc(CNC(=O)c3cccnc3)cn2)C1=O. The summed E-state index contributed by atoms with van der Waals surface area (Å²) in [4.78, 5) is 33.6. The van der Waals surface area contributed by atoms with Gasteiger partial charge < -0.3 is 5.32 Å². The average molecular weight is 375 g/mol. The number of hydrogen-bond acceptors (Lipinski definition) is 6. The number of nitrogens with zero attached hydrogens (tertiary/aromatic N) is 4. The van der Waals surface area contributed by atoms with Gasteiger partial charge in [-0.2, -0.15) is 0 Å². The Kier molecular flexibility index (Phi) is 4.85. The minimum atomic E-state index is -3.58. The number of nitrogens with one attached hydrogen (secondary N) is 1. The molecule has 1 fully saturated rings. The van der Waals surface area contributed by atoms with Crippen LogP contribution in [0, 0.1) is 0 Å². The third-order valence-corrected chi connectivity index (χ3v) is 4.97. The quantitative estimate of drug-likeness (QED) is 0.819. The highest BCUT2D eigenvalue weighted by Gasteiger charge is 2.35. The van der Waals surface area contributed by atoms with Crippen molar-refractivity contribution in [1.82, 2.24) is 19.6 Å². The number of hydrogen-bond donors (Lipinski definition) is 1. The summed E-state index contributed by atoms with van der Waals surface area (Å²) < 4.78 is 23.9. The Balaban J connectivity index is 1.62. The molecule has 10 heteroatoms. The standard InChI is InChI=1S/C16H17N5O4S/c1-26(24,25)21-8-7-20(16(21)23)14-5-4-12(9-18-14)10-19-15(22)13-3-2-6-17-11-13/h2-6,9,11H,7-8,10H2,1H3,(H,19,22). The molecule has 0 aromatic carbocycles. The van der Waals surface area contributed by atoms with Gasteiger partial charge >= 0.3 is 6.03 Å². The highest BCUT2D eigenvalue weighted by atomic mass is 32.2. The normalized spacial score (nSPS) is 14.6. The molecule has 2 aromatic rings. The van der Waals surface area contributed by atoms with Crippen molar-refractivity contribution in [2.24, 2.45) is 0 Å². The third-order valence-electron chi connectivity index (χ3n) is 3.83. The van der Waals surface area contributed by atoms with Gasteiger partial charge in [-0.15, -0.1) is 0 Å². The number of rotatable bonds is 5. The fourth-order valence-corrected chi connectivity index (χ4v) is 3.29. The number of aromatic nitrogens is 2. The molecule has 2 aromatic heterocycles. The van der Waals surface area contributed by atoms with E-state index in [0.717, 1.165) is 16.1 Å². The zero-order chi connectivity index (χ0) is 18.7. The lowest BCUT2D eigenvalue weighted by atomic mass is 10.2. The molecule has 0 unspecified atom stereocenters. The molecule has 1 aliphatic rings. The highest BCUT2D eigenvalue weighted by molar-refractivity contribution is 7.88. The predicted octanol–water partition coefficient (Wildman–Crippen LogP) is 0.608. The van der Waals surface area contributed by atoms with Crippen molar-refractivity contribution in [1.29, 1.82) is 0 Å². The Bertz CT molecular complexity index is 915. The Hall–Kier alpha value is -3.01. The summed E-state index contributed by atoms with van der Waals surface area (Å²) in [6, 6.07) is 6.07. The van der Waals surface area contributed by atoms with E-state index in [1.165, 1.54) is 17.3 Å². The maximum Gasteiger partial charge on any atom is 0.339 e. The molecule has 0 radical (unpaired) electrons. The minimum Gasteiger partial charge on any atom is -0.348 e. The van der Waals surface area contributed by atoms with E-state index in [0.29, 0.717) is 11.4 Å². The fraction of sp³-hybridized carbons (Fsp3) is 0.250. The van der Waals surface area contributed by atoms with Crippen LogP contribution in [0.15, 0.2) is 42.9 Å². The van der Waals surface area contributed by atoms with Crippen molar-refractivity contribution in [3.8, 4) is 0 Å². The highest BCUT2D eigenvalue weighted by Crippen LogP contribution is 2.20. The van der Waals surface area contributed by atoms with Gasteiger partial charge in [-0.3, -0.25) is 14.7 Å². The monoisotopic (exact) mass is 375 g/mol. The zero-order valence-corrected chi connectivity index (χ0v) is 14.8. The Morgan fingerprint density at radius 1 is 1.23 bits per heavy atom. The van der Waals surface area contributed by atoms with E-state index in [2.05, 4.69) is 15.3 Å². The van der Waals surface area contributed by atoms with Gasteiger partial charge in [0.1, 0.15) is 5.82 Å². The number of amides is 3. The third kappa shape index (κ3) is 3.80. The summed E-state index contributed by atoms with van der Waals surface area (Å²) in [6.45, 7) is 0.614. The number of sulfonamides is 1. The van der Waals surface area contributed by atoms with E-state index in [-0.39, 0.29) is 25.5 Å². The molecule has 1 saturated heterocycles. The van der Waals surface area contributed by atoms with Crippen molar-refractivity contribution < 1.29 is 18.0 Å². The van der Waals surface area contributed by atoms with Crippen LogP contribution in [-0.2, 0) is 16.6 Å². The van der Waals surface area contributed by atoms with Crippen molar-refractivity contribution in [3.05, 3.63) is 54.0 Å². The number of anilines is 1. The van der Waals surface area contributed by atoms with Crippen LogP contribution in [0.5, 0.6) is 0 Å². The summed E-state index contributed by atoms with van der Waals surface area (Å²) in [7, 11) is -3.58. The molecule has 0 atom stereocenters. The van der Waals surface area contributed by atoms with Crippen LogP contribution < -0.4 is 10.2 Å². The van der Waals surface area contributed by atoms with Crippen LogP contribution in [-0.4, -0.2) is 54.0 Å². The van der Waals surface area contributed by atoms with Crippen molar-refractivity contribution >= 4 is 27.8 Å². The summed E-state index contributed by atoms with van der Waals surface area (Å²) in [5.74, 6) is 0.115. The van der Waals surface area contributed by atoms with Gasteiger partial charge in [0.2, 0.25) is 10.0 Å². The number of pyridine rings is 2. The molecule has 0 aliphatic carbocycles. The van der Waals surface area contributed by atoms with Crippen LogP contribution >= 0.6 is 0 Å². The van der Waals surface area contributed by atoms with E-state index < -0.39 is 16.1 Å². The van der Waals surface area contributed by atoms with E-state index in [1.54, 1.807) is 30.5 Å². The summed E-state index contributed by atoms with van der Waals surface area (Å²) >= 11 is 0.